The van der Waals surface area contributed by atoms with Gasteiger partial charge in [0.1, 0.15) is 29.5 Å². The van der Waals surface area contributed by atoms with Crippen molar-refractivity contribution in [1.82, 2.24) is 9.97 Å². The Balaban J connectivity index is 1.53. The number of hydrogen-bond acceptors (Lipinski definition) is 9. The van der Waals surface area contributed by atoms with Crippen molar-refractivity contribution in [2.75, 3.05) is 41.3 Å². The first-order valence-corrected chi connectivity index (χ1v) is 11.5. The van der Waals surface area contributed by atoms with Gasteiger partial charge in [-0.3, -0.25) is 0 Å². The molecule has 2 aliphatic rings. The number of fused-ring (bicyclic) bond motifs is 1. The normalized spacial score (nSPS) is 16.0. The van der Waals surface area contributed by atoms with Crippen LogP contribution < -0.4 is 15.1 Å². The first kappa shape index (κ1) is 21.3. The molecule has 8 nitrogen and oxygen atoms in total. The van der Waals surface area contributed by atoms with E-state index in [1.54, 1.807) is 0 Å². The topological polar surface area (TPSA) is 116 Å². The molecule has 1 fully saturated rings. The van der Waals surface area contributed by atoms with E-state index < -0.39 is 0 Å². The van der Waals surface area contributed by atoms with E-state index in [2.05, 4.69) is 38.4 Å². The number of anilines is 3. The Morgan fingerprint density at radius 2 is 1.47 bits per heavy atom. The Morgan fingerprint density at radius 3 is 2.15 bits per heavy atom. The van der Waals surface area contributed by atoms with Crippen LogP contribution in [0, 0.1) is 34.0 Å². The molecule has 164 valence electrons. The predicted molar refractivity (Wildman–Crippen MR) is 131 cm³/mol. The second kappa shape index (κ2) is 9.15. The van der Waals surface area contributed by atoms with E-state index in [-0.39, 0.29) is 11.4 Å². The minimum Gasteiger partial charge on any atom is -0.368 e. The van der Waals surface area contributed by atoms with Gasteiger partial charge in [0.25, 0.3) is 0 Å². The largest absolute Gasteiger partial charge is 0.368 e. The molecule has 34 heavy (non-hydrogen) atoms. The molecule has 5 rings (SSSR count). The molecule has 3 heterocycles. The van der Waals surface area contributed by atoms with Gasteiger partial charge in [-0.1, -0.05) is 42.1 Å². The summed E-state index contributed by atoms with van der Waals surface area (Å²) in [4.78, 5) is 14.3. The van der Waals surface area contributed by atoms with E-state index in [0.717, 1.165) is 29.4 Å². The van der Waals surface area contributed by atoms with Gasteiger partial charge in [-0.2, -0.15) is 15.8 Å². The van der Waals surface area contributed by atoms with E-state index in [4.69, 9.17) is 0 Å². The molecule has 0 atom stereocenters. The lowest BCUT2D eigenvalue weighted by Gasteiger charge is -2.37. The predicted octanol–water partition coefficient (Wildman–Crippen LogP) is 3.96. The molecule has 1 N–H and O–H groups in total. The number of hydrogen-bond donors (Lipinski definition) is 1. The number of nitrogens with zero attached hydrogens (tertiary/aromatic N) is 7. The number of para-hydroxylation sites is 2. The third kappa shape index (κ3) is 3.88. The van der Waals surface area contributed by atoms with Crippen LogP contribution >= 0.6 is 11.8 Å². The lowest BCUT2D eigenvalue weighted by atomic mass is 10.1. The summed E-state index contributed by atoms with van der Waals surface area (Å²) >= 11 is 1.44. The van der Waals surface area contributed by atoms with E-state index in [1.807, 2.05) is 59.5 Å². The molecular weight excluding hydrogens is 444 g/mol. The molecule has 1 saturated heterocycles. The number of nitrogens with one attached hydrogen (secondary N) is 1. The van der Waals surface area contributed by atoms with Gasteiger partial charge in [0.05, 0.1) is 10.7 Å². The third-order valence-corrected chi connectivity index (χ3v) is 6.80. The quantitative estimate of drug-likeness (QED) is 0.577. The number of thioether (sulfide) groups is 1. The number of piperazine rings is 1. The minimum atomic E-state index is -0.0852. The van der Waals surface area contributed by atoms with E-state index >= 15 is 0 Å². The highest BCUT2D eigenvalue weighted by molar-refractivity contribution is 8.04. The van der Waals surface area contributed by atoms with Gasteiger partial charge < -0.3 is 15.1 Å². The van der Waals surface area contributed by atoms with Crippen LogP contribution in [0.5, 0.6) is 0 Å². The zero-order chi connectivity index (χ0) is 23.5. The Morgan fingerprint density at radius 1 is 0.824 bits per heavy atom. The van der Waals surface area contributed by atoms with Gasteiger partial charge in [0, 0.05) is 36.8 Å². The molecule has 0 unspecified atom stereocenters. The lowest BCUT2D eigenvalue weighted by molar-refractivity contribution is 0.645. The molecule has 0 spiro atoms. The molecule has 0 amide bonds. The fourth-order valence-corrected chi connectivity index (χ4v) is 5.03. The monoisotopic (exact) mass is 462 g/mol. The Hall–Kier alpha value is -4.52. The van der Waals surface area contributed by atoms with Crippen molar-refractivity contribution < 1.29 is 0 Å². The van der Waals surface area contributed by atoms with Gasteiger partial charge >= 0.3 is 0 Å². The van der Waals surface area contributed by atoms with Gasteiger partial charge in [-0.15, -0.1) is 0 Å². The van der Waals surface area contributed by atoms with Crippen molar-refractivity contribution in [2.45, 2.75) is 4.90 Å². The average Bonchev–Trinajstić information content (AvgIpc) is 3.33. The fourth-order valence-electron chi connectivity index (χ4n) is 4.03. The maximum absolute atomic E-state index is 10.1. The standard InChI is InChI=1S/C25H18N8S/c26-14-18(25-31-19-8-4-5-9-22(19)34-25)23-24(30-21(16-28)20(15-27)29-23)33-12-10-32(11-13-33)17-6-2-1-3-7-17/h1-9,31H,10-13H2. The summed E-state index contributed by atoms with van der Waals surface area (Å²) in [6.45, 7) is 2.79. The molecule has 0 aliphatic carbocycles. The number of aromatic nitrogens is 2. The summed E-state index contributed by atoms with van der Waals surface area (Å²) in [6, 6.07) is 24.2. The van der Waals surface area contributed by atoms with Gasteiger partial charge in [-0.05, 0) is 24.3 Å². The number of rotatable bonds is 3. The summed E-state index contributed by atoms with van der Waals surface area (Å²) in [5, 5.41) is 33.2. The molecule has 0 bridgehead atoms. The van der Waals surface area contributed by atoms with Crippen LogP contribution in [0.1, 0.15) is 17.1 Å². The summed E-state index contributed by atoms with van der Waals surface area (Å²) in [7, 11) is 0. The molecule has 9 heteroatoms. The molecule has 2 aliphatic heterocycles. The minimum absolute atomic E-state index is 0.0376. The number of benzene rings is 2. The Bertz CT molecular complexity index is 1380. The zero-order valence-corrected chi connectivity index (χ0v) is 18.9. The molecule has 0 saturated carbocycles. The van der Waals surface area contributed by atoms with E-state index in [9.17, 15) is 15.8 Å². The van der Waals surface area contributed by atoms with Crippen LogP contribution in [0.2, 0.25) is 0 Å². The second-order valence-corrected chi connectivity index (χ2v) is 8.72. The first-order chi connectivity index (χ1) is 16.7. The SMILES string of the molecule is N#CC(=C1Nc2ccccc2S1)c1nc(C#N)c(C#N)nc1N1CCN(c2ccccc2)CC1. The van der Waals surface area contributed by atoms with Gasteiger partial charge in [0.15, 0.2) is 17.2 Å². The number of allylic oxidation sites excluding steroid dienone is 1. The maximum Gasteiger partial charge on any atom is 0.179 e. The van der Waals surface area contributed by atoms with Crippen molar-refractivity contribution >= 4 is 34.5 Å². The maximum atomic E-state index is 10.1. The Kier molecular flexibility index (Phi) is 5.74. The molecule has 2 aromatic carbocycles. The third-order valence-electron chi connectivity index (χ3n) is 5.71. The summed E-state index contributed by atoms with van der Waals surface area (Å²) in [5.41, 5.74) is 2.55. The second-order valence-electron chi connectivity index (χ2n) is 7.67. The fraction of sp³-hybridized carbons (Fsp3) is 0.160. The smallest absolute Gasteiger partial charge is 0.179 e. The average molecular weight is 463 g/mol. The molecular formula is C25H18N8S. The number of nitriles is 3. The highest BCUT2D eigenvalue weighted by Crippen LogP contribution is 2.44. The van der Waals surface area contributed by atoms with Crippen LogP contribution in [0.3, 0.4) is 0 Å². The van der Waals surface area contributed by atoms with E-state index in [1.165, 1.54) is 11.8 Å². The van der Waals surface area contributed by atoms with Crippen LogP contribution in [0.15, 0.2) is 64.5 Å². The summed E-state index contributed by atoms with van der Waals surface area (Å²) in [5.74, 6) is 0.450. The van der Waals surface area contributed by atoms with Crippen LogP contribution in [0.4, 0.5) is 17.2 Å². The first-order valence-electron chi connectivity index (χ1n) is 10.7. The van der Waals surface area contributed by atoms with Crippen molar-refractivity contribution in [2.24, 2.45) is 0 Å². The van der Waals surface area contributed by atoms with Crippen LogP contribution in [0.25, 0.3) is 5.57 Å². The highest BCUT2D eigenvalue weighted by atomic mass is 32.2. The highest BCUT2D eigenvalue weighted by Gasteiger charge is 2.28. The van der Waals surface area contributed by atoms with Gasteiger partial charge in [0.2, 0.25) is 0 Å². The zero-order valence-electron chi connectivity index (χ0n) is 18.1. The van der Waals surface area contributed by atoms with Crippen molar-refractivity contribution in [3.05, 3.63) is 76.7 Å². The molecule has 1 aromatic heterocycles. The van der Waals surface area contributed by atoms with E-state index in [0.29, 0.717) is 35.2 Å². The summed E-state index contributed by atoms with van der Waals surface area (Å²) < 4.78 is 0. The molecule has 3 aromatic rings. The van der Waals surface area contributed by atoms with Crippen LogP contribution in [-0.4, -0.2) is 36.1 Å². The van der Waals surface area contributed by atoms with Crippen molar-refractivity contribution in [3.63, 3.8) is 0 Å². The van der Waals surface area contributed by atoms with Gasteiger partial charge in [-0.25, -0.2) is 9.97 Å². The Labute approximate surface area is 201 Å². The lowest BCUT2D eigenvalue weighted by Crippen LogP contribution is -2.47. The van der Waals surface area contributed by atoms with Crippen molar-refractivity contribution in [3.8, 4) is 18.2 Å². The molecule has 0 radical (unpaired) electrons. The van der Waals surface area contributed by atoms with Crippen LogP contribution in [-0.2, 0) is 0 Å². The summed E-state index contributed by atoms with van der Waals surface area (Å²) in [6.07, 6.45) is 0. The van der Waals surface area contributed by atoms with Crippen molar-refractivity contribution in [1.29, 1.82) is 15.8 Å².